The van der Waals surface area contributed by atoms with Gasteiger partial charge in [-0.15, -0.1) is 0 Å². The smallest absolute Gasteiger partial charge is 0.317 e. The van der Waals surface area contributed by atoms with Crippen LogP contribution in [0, 0.1) is 0 Å². The normalized spacial score (nSPS) is 30.0. The van der Waals surface area contributed by atoms with E-state index in [2.05, 4.69) is 5.32 Å². The van der Waals surface area contributed by atoms with Gasteiger partial charge >= 0.3 is 6.03 Å². The van der Waals surface area contributed by atoms with Crippen molar-refractivity contribution >= 4 is 6.03 Å². The summed E-state index contributed by atoms with van der Waals surface area (Å²) >= 11 is 0. The number of rotatable bonds is 1. The minimum atomic E-state index is -0.420. The maximum atomic E-state index is 12.5. The second-order valence-electron chi connectivity index (χ2n) is 7.13. The summed E-state index contributed by atoms with van der Waals surface area (Å²) in [5, 5.41) is 3.25. The van der Waals surface area contributed by atoms with Crippen LogP contribution in [0.25, 0.3) is 0 Å². The van der Waals surface area contributed by atoms with Gasteiger partial charge in [0.05, 0.1) is 12.7 Å². The zero-order valence-corrected chi connectivity index (χ0v) is 13.8. The standard InChI is InChI=1S/C17H30N2O3/c1-14-13-21-17(22-14)9-11-19(12-10-17)16(20)18-15-7-5-3-2-4-6-8-15/h14-15H,2-13H2,1H3,(H,18,20). The number of amides is 2. The predicted molar refractivity (Wildman–Crippen MR) is 84.7 cm³/mol. The van der Waals surface area contributed by atoms with E-state index < -0.39 is 5.79 Å². The molecule has 3 rings (SSSR count). The molecule has 2 aliphatic heterocycles. The van der Waals surface area contributed by atoms with Gasteiger partial charge in [-0.1, -0.05) is 32.1 Å². The third-order valence-corrected chi connectivity index (χ3v) is 5.24. The van der Waals surface area contributed by atoms with E-state index in [9.17, 15) is 4.79 Å². The van der Waals surface area contributed by atoms with Crippen molar-refractivity contribution in [1.29, 1.82) is 0 Å². The number of urea groups is 1. The van der Waals surface area contributed by atoms with Crippen LogP contribution in [0.5, 0.6) is 0 Å². The summed E-state index contributed by atoms with van der Waals surface area (Å²) in [4.78, 5) is 14.4. The number of nitrogens with zero attached hydrogens (tertiary/aromatic N) is 1. The van der Waals surface area contributed by atoms with Gasteiger partial charge < -0.3 is 19.7 Å². The molecular weight excluding hydrogens is 280 g/mol. The molecule has 0 aromatic rings. The topological polar surface area (TPSA) is 50.8 Å². The maximum Gasteiger partial charge on any atom is 0.317 e. The molecule has 1 unspecified atom stereocenters. The lowest BCUT2D eigenvalue weighted by Gasteiger charge is -2.38. The van der Waals surface area contributed by atoms with Crippen LogP contribution >= 0.6 is 0 Å². The summed E-state index contributed by atoms with van der Waals surface area (Å²) in [6, 6.07) is 0.467. The van der Waals surface area contributed by atoms with Crippen LogP contribution in [0.4, 0.5) is 4.79 Å². The average Bonchev–Trinajstić information content (AvgIpc) is 2.83. The first-order valence-corrected chi connectivity index (χ1v) is 9.04. The molecule has 22 heavy (non-hydrogen) atoms. The number of hydrogen-bond acceptors (Lipinski definition) is 3. The third-order valence-electron chi connectivity index (χ3n) is 5.24. The lowest BCUT2D eigenvalue weighted by atomic mass is 9.97. The van der Waals surface area contributed by atoms with Gasteiger partial charge in [-0.2, -0.15) is 0 Å². The van der Waals surface area contributed by atoms with Crippen LogP contribution in [0.3, 0.4) is 0 Å². The Morgan fingerprint density at radius 1 is 1.09 bits per heavy atom. The van der Waals surface area contributed by atoms with Gasteiger partial charge in [-0.05, 0) is 19.8 Å². The van der Waals surface area contributed by atoms with Gasteiger partial charge in [-0.25, -0.2) is 4.79 Å². The number of likely N-dealkylation sites (tertiary alicyclic amines) is 1. The molecule has 5 heteroatoms. The van der Waals surface area contributed by atoms with E-state index in [4.69, 9.17) is 9.47 Å². The van der Waals surface area contributed by atoms with Gasteiger partial charge in [0.25, 0.3) is 0 Å². The first kappa shape index (κ1) is 16.1. The highest BCUT2D eigenvalue weighted by Gasteiger charge is 2.43. The quantitative estimate of drug-likeness (QED) is 0.810. The van der Waals surface area contributed by atoms with Crippen LogP contribution in [0.15, 0.2) is 0 Å². The zero-order chi connectivity index (χ0) is 15.4. The second kappa shape index (κ2) is 7.18. The molecule has 126 valence electrons. The Morgan fingerprint density at radius 2 is 1.73 bits per heavy atom. The molecule has 3 fully saturated rings. The van der Waals surface area contributed by atoms with Crippen LogP contribution < -0.4 is 5.32 Å². The van der Waals surface area contributed by atoms with Gasteiger partial charge in [0.15, 0.2) is 5.79 Å². The van der Waals surface area contributed by atoms with Gasteiger partial charge in [-0.3, -0.25) is 0 Å². The Hall–Kier alpha value is -0.810. The van der Waals surface area contributed by atoms with E-state index in [0.29, 0.717) is 12.6 Å². The van der Waals surface area contributed by atoms with Crippen LogP contribution in [-0.2, 0) is 9.47 Å². The van der Waals surface area contributed by atoms with Crippen molar-refractivity contribution in [3.8, 4) is 0 Å². The zero-order valence-electron chi connectivity index (χ0n) is 13.8. The molecule has 5 nitrogen and oxygen atoms in total. The number of carbonyl (C=O) groups excluding carboxylic acids is 1. The van der Waals surface area contributed by atoms with Crippen molar-refractivity contribution in [2.45, 2.75) is 82.6 Å². The Morgan fingerprint density at radius 3 is 2.32 bits per heavy atom. The number of ether oxygens (including phenoxy) is 2. The molecule has 0 bridgehead atoms. The highest BCUT2D eigenvalue weighted by atomic mass is 16.7. The minimum Gasteiger partial charge on any atom is -0.347 e. The molecule has 1 saturated carbocycles. The number of carbonyl (C=O) groups is 1. The summed E-state index contributed by atoms with van der Waals surface area (Å²) in [5.74, 6) is -0.420. The lowest BCUT2D eigenvalue weighted by Crippen LogP contribution is -2.52. The Balaban J connectivity index is 1.45. The van der Waals surface area contributed by atoms with E-state index in [0.717, 1.165) is 38.8 Å². The van der Waals surface area contributed by atoms with Crippen molar-refractivity contribution in [3.05, 3.63) is 0 Å². The first-order valence-electron chi connectivity index (χ1n) is 9.04. The van der Waals surface area contributed by atoms with Gasteiger partial charge in [0.2, 0.25) is 0 Å². The predicted octanol–water partition coefficient (Wildman–Crippen LogP) is 3.04. The molecule has 1 N–H and O–H groups in total. The van der Waals surface area contributed by atoms with Crippen LogP contribution in [0.2, 0.25) is 0 Å². The molecule has 1 aliphatic carbocycles. The Bertz CT molecular complexity index is 372. The Kier molecular flexibility index (Phi) is 5.24. The van der Waals surface area contributed by atoms with Crippen molar-refractivity contribution in [1.82, 2.24) is 10.2 Å². The lowest BCUT2D eigenvalue weighted by molar-refractivity contribution is -0.189. The van der Waals surface area contributed by atoms with E-state index >= 15 is 0 Å². The van der Waals surface area contributed by atoms with Crippen molar-refractivity contribution < 1.29 is 14.3 Å². The first-order chi connectivity index (χ1) is 10.7. The Labute approximate surface area is 133 Å². The number of nitrogens with one attached hydrogen (secondary N) is 1. The molecular formula is C17H30N2O3. The van der Waals surface area contributed by atoms with Gasteiger partial charge in [0, 0.05) is 32.0 Å². The molecule has 2 heterocycles. The van der Waals surface area contributed by atoms with Crippen LogP contribution in [0.1, 0.15) is 64.7 Å². The molecule has 1 atom stereocenters. The van der Waals surface area contributed by atoms with Crippen molar-refractivity contribution in [2.75, 3.05) is 19.7 Å². The summed E-state index contributed by atoms with van der Waals surface area (Å²) in [6.45, 7) is 4.17. The highest BCUT2D eigenvalue weighted by molar-refractivity contribution is 5.74. The summed E-state index contributed by atoms with van der Waals surface area (Å²) in [6.07, 6.45) is 10.5. The average molecular weight is 310 g/mol. The third kappa shape index (κ3) is 3.93. The fourth-order valence-corrected chi connectivity index (χ4v) is 3.88. The highest BCUT2D eigenvalue weighted by Crippen LogP contribution is 2.33. The molecule has 0 aromatic heterocycles. The molecule has 3 aliphatic rings. The number of hydrogen-bond donors (Lipinski definition) is 1. The fourth-order valence-electron chi connectivity index (χ4n) is 3.88. The molecule has 0 radical (unpaired) electrons. The van der Waals surface area contributed by atoms with E-state index in [1.54, 1.807) is 0 Å². The summed E-state index contributed by atoms with van der Waals surface area (Å²) in [7, 11) is 0. The molecule has 1 spiro atoms. The minimum absolute atomic E-state index is 0.103. The summed E-state index contributed by atoms with van der Waals surface area (Å²) < 4.78 is 11.7. The van der Waals surface area contributed by atoms with E-state index in [-0.39, 0.29) is 12.1 Å². The SMILES string of the molecule is CC1COC2(CCN(C(=O)NC3CCCCCCC3)CC2)O1. The van der Waals surface area contributed by atoms with E-state index in [1.807, 2.05) is 11.8 Å². The van der Waals surface area contributed by atoms with Crippen molar-refractivity contribution in [3.63, 3.8) is 0 Å². The van der Waals surface area contributed by atoms with Crippen LogP contribution in [-0.4, -0.2) is 48.6 Å². The molecule has 0 aromatic carbocycles. The second-order valence-corrected chi connectivity index (χ2v) is 7.13. The maximum absolute atomic E-state index is 12.5. The fraction of sp³-hybridized carbons (Fsp3) is 0.941. The summed E-state index contributed by atoms with van der Waals surface area (Å²) in [5.41, 5.74) is 0. The van der Waals surface area contributed by atoms with E-state index in [1.165, 1.54) is 32.1 Å². The number of piperidine rings is 1. The van der Waals surface area contributed by atoms with Gasteiger partial charge in [0.1, 0.15) is 0 Å². The molecule has 2 saturated heterocycles. The largest absolute Gasteiger partial charge is 0.347 e. The van der Waals surface area contributed by atoms with Crippen molar-refractivity contribution in [2.24, 2.45) is 0 Å². The monoisotopic (exact) mass is 310 g/mol. The molecule has 2 amide bonds.